The van der Waals surface area contributed by atoms with Gasteiger partial charge in [-0.05, 0) is 6.42 Å². The molecule has 0 aromatic carbocycles. The first-order chi connectivity index (χ1) is 8.56. The van der Waals surface area contributed by atoms with Crippen LogP contribution in [0.3, 0.4) is 0 Å². The molecule has 0 amide bonds. The molecule has 0 bridgehead atoms. The van der Waals surface area contributed by atoms with Gasteiger partial charge in [-0.2, -0.15) is 5.10 Å². The molecule has 0 spiro atoms. The van der Waals surface area contributed by atoms with Crippen molar-refractivity contribution in [2.75, 3.05) is 0 Å². The summed E-state index contributed by atoms with van der Waals surface area (Å²) in [5.41, 5.74) is 1.66. The number of carboxylic acid groups (broad SMARTS) is 1. The summed E-state index contributed by atoms with van der Waals surface area (Å²) in [6.07, 6.45) is 3.18. The number of rotatable bonds is 4. The standard InChI is InChI=1S/C11H15N5O2/c1-4-7-8(6-15(3)13-7)16-9(5-2)12-10(14-16)11(17)18/h6H,4-5H2,1-3H3,(H,17,18). The van der Waals surface area contributed by atoms with Gasteiger partial charge >= 0.3 is 5.97 Å². The maximum atomic E-state index is 10.9. The van der Waals surface area contributed by atoms with Crippen LogP contribution in [0, 0.1) is 0 Å². The number of hydrogen-bond donors (Lipinski definition) is 1. The molecule has 7 nitrogen and oxygen atoms in total. The van der Waals surface area contributed by atoms with E-state index in [9.17, 15) is 4.79 Å². The molecular weight excluding hydrogens is 234 g/mol. The first-order valence-electron chi connectivity index (χ1n) is 5.78. The average molecular weight is 249 g/mol. The molecule has 2 aromatic heterocycles. The van der Waals surface area contributed by atoms with Gasteiger partial charge in [0.25, 0.3) is 5.82 Å². The molecule has 2 aromatic rings. The quantitative estimate of drug-likeness (QED) is 0.867. The van der Waals surface area contributed by atoms with E-state index in [-0.39, 0.29) is 5.82 Å². The maximum absolute atomic E-state index is 10.9. The van der Waals surface area contributed by atoms with E-state index < -0.39 is 5.97 Å². The fourth-order valence-corrected chi connectivity index (χ4v) is 1.81. The predicted molar refractivity (Wildman–Crippen MR) is 63.8 cm³/mol. The van der Waals surface area contributed by atoms with Crippen LogP contribution in [0.4, 0.5) is 0 Å². The van der Waals surface area contributed by atoms with Gasteiger partial charge in [-0.1, -0.05) is 13.8 Å². The Kier molecular flexibility index (Phi) is 3.14. The minimum atomic E-state index is -1.12. The fourth-order valence-electron chi connectivity index (χ4n) is 1.81. The number of aromatic nitrogens is 5. The predicted octanol–water partition coefficient (Wildman–Crippen LogP) is 0.824. The minimum Gasteiger partial charge on any atom is -0.475 e. The number of aryl methyl sites for hydroxylation is 3. The van der Waals surface area contributed by atoms with Crippen molar-refractivity contribution in [3.05, 3.63) is 23.5 Å². The molecule has 96 valence electrons. The summed E-state index contributed by atoms with van der Waals surface area (Å²) in [7, 11) is 1.82. The summed E-state index contributed by atoms with van der Waals surface area (Å²) in [4.78, 5) is 14.9. The summed E-state index contributed by atoms with van der Waals surface area (Å²) in [5, 5.41) is 17.3. The van der Waals surface area contributed by atoms with Crippen LogP contribution in [0.5, 0.6) is 0 Å². The lowest BCUT2D eigenvalue weighted by molar-refractivity contribution is 0.0683. The van der Waals surface area contributed by atoms with Gasteiger partial charge in [0.1, 0.15) is 11.5 Å². The highest BCUT2D eigenvalue weighted by atomic mass is 16.4. The Bertz CT molecular complexity index is 584. The SMILES string of the molecule is CCc1nn(C)cc1-n1nc(C(=O)O)nc1CC. The molecule has 2 rings (SSSR count). The van der Waals surface area contributed by atoms with Crippen LogP contribution in [-0.4, -0.2) is 35.6 Å². The third-order valence-electron chi connectivity index (χ3n) is 2.63. The van der Waals surface area contributed by atoms with Crippen LogP contribution in [-0.2, 0) is 19.9 Å². The van der Waals surface area contributed by atoms with Crippen molar-refractivity contribution in [1.29, 1.82) is 0 Å². The maximum Gasteiger partial charge on any atom is 0.375 e. The monoisotopic (exact) mass is 249 g/mol. The van der Waals surface area contributed by atoms with Gasteiger partial charge in [-0.3, -0.25) is 4.68 Å². The van der Waals surface area contributed by atoms with E-state index in [0.717, 1.165) is 17.8 Å². The van der Waals surface area contributed by atoms with Crippen molar-refractivity contribution in [3.8, 4) is 5.69 Å². The van der Waals surface area contributed by atoms with E-state index in [1.807, 2.05) is 27.1 Å². The smallest absolute Gasteiger partial charge is 0.375 e. The van der Waals surface area contributed by atoms with Crippen LogP contribution >= 0.6 is 0 Å². The topological polar surface area (TPSA) is 85.8 Å². The molecule has 7 heteroatoms. The van der Waals surface area contributed by atoms with Crippen LogP contribution in [0.1, 0.15) is 36.0 Å². The lowest BCUT2D eigenvalue weighted by Gasteiger charge is -2.02. The Hall–Kier alpha value is -2.18. The Morgan fingerprint density at radius 1 is 1.33 bits per heavy atom. The number of aromatic carboxylic acids is 1. The van der Waals surface area contributed by atoms with Crippen molar-refractivity contribution >= 4 is 5.97 Å². The van der Waals surface area contributed by atoms with E-state index in [1.165, 1.54) is 0 Å². The van der Waals surface area contributed by atoms with E-state index in [4.69, 9.17) is 5.11 Å². The van der Waals surface area contributed by atoms with Gasteiger partial charge in [-0.25, -0.2) is 14.5 Å². The largest absolute Gasteiger partial charge is 0.475 e. The summed E-state index contributed by atoms with van der Waals surface area (Å²) >= 11 is 0. The Labute approximate surface area is 104 Å². The normalized spacial score (nSPS) is 10.8. The van der Waals surface area contributed by atoms with Crippen molar-refractivity contribution < 1.29 is 9.90 Å². The zero-order valence-electron chi connectivity index (χ0n) is 10.6. The lowest BCUT2D eigenvalue weighted by atomic mass is 10.3. The highest BCUT2D eigenvalue weighted by Crippen LogP contribution is 2.15. The van der Waals surface area contributed by atoms with Crippen molar-refractivity contribution in [2.24, 2.45) is 7.05 Å². The molecule has 0 saturated heterocycles. The Morgan fingerprint density at radius 2 is 2.06 bits per heavy atom. The zero-order chi connectivity index (χ0) is 13.3. The van der Waals surface area contributed by atoms with E-state index >= 15 is 0 Å². The molecule has 0 aliphatic rings. The van der Waals surface area contributed by atoms with Gasteiger partial charge in [0.2, 0.25) is 0 Å². The molecular formula is C11H15N5O2. The van der Waals surface area contributed by atoms with Crippen LogP contribution < -0.4 is 0 Å². The first kappa shape index (κ1) is 12.3. The van der Waals surface area contributed by atoms with Gasteiger partial charge in [-0.15, -0.1) is 5.10 Å². The number of hydrogen-bond acceptors (Lipinski definition) is 4. The second-order valence-corrected chi connectivity index (χ2v) is 3.91. The highest BCUT2D eigenvalue weighted by Gasteiger charge is 2.18. The van der Waals surface area contributed by atoms with Crippen molar-refractivity contribution in [1.82, 2.24) is 24.5 Å². The van der Waals surface area contributed by atoms with Gasteiger partial charge in [0.15, 0.2) is 0 Å². The summed E-state index contributed by atoms with van der Waals surface area (Å²) in [6, 6.07) is 0. The highest BCUT2D eigenvalue weighted by molar-refractivity contribution is 5.83. The molecule has 18 heavy (non-hydrogen) atoms. The fraction of sp³-hybridized carbons (Fsp3) is 0.455. The summed E-state index contributed by atoms with van der Waals surface area (Å²) in [6.45, 7) is 3.90. The number of carboxylic acids is 1. The minimum absolute atomic E-state index is 0.183. The van der Waals surface area contributed by atoms with Crippen LogP contribution in [0.15, 0.2) is 6.20 Å². The summed E-state index contributed by atoms with van der Waals surface area (Å²) < 4.78 is 3.25. The molecule has 0 saturated carbocycles. The van der Waals surface area contributed by atoms with Crippen molar-refractivity contribution in [3.63, 3.8) is 0 Å². The summed E-state index contributed by atoms with van der Waals surface area (Å²) in [5.74, 6) is -0.682. The molecule has 1 N–H and O–H groups in total. The Morgan fingerprint density at radius 3 is 2.61 bits per heavy atom. The lowest BCUT2D eigenvalue weighted by Crippen LogP contribution is -2.04. The molecule has 0 atom stereocenters. The van der Waals surface area contributed by atoms with Gasteiger partial charge in [0.05, 0.1) is 11.9 Å². The van der Waals surface area contributed by atoms with E-state index in [2.05, 4.69) is 15.2 Å². The third-order valence-corrected chi connectivity index (χ3v) is 2.63. The second-order valence-electron chi connectivity index (χ2n) is 3.91. The first-order valence-corrected chi connectivity index (χ1v) is 5.78. The zero-order valence-corrected chi connectivity index (χ0v) is 10.6. The number of nitrogens with zero attached hydrogens (tertiary/aromatic N) is 5. The molecule has 0 aliphatic carbocycles. The van der Waals surface area contributed by atoms with E-state index in [0.29, 0.717) is 12.2 Å². The van der Waals surface area contributed by atoms with Crippen molar-refractivity contribution in [2.45, 2.75) is 26.7 Å². The number of carbonyl (C=O) groups is 1. The van der Waals surface area contributed by atoms with Crippen LogP contribution in [0.2, 0.25) is 0 Å². The average Bonchev–Trinajstić information content (AvgIpc) is 2.91. The second kappa shape index (κ2) is 4.59. The van der Waals surface area contributed by atoms with E-state index in [1.54, 1.807) is 9.36 Å². The third kappa shape index (κ3) is 1.99. The molecule has 0 fully saturated rings. The molecule has 0 unspecified atom stereocenters. The molecule has 0 radical (unpaired) electrons. The molecule has 2 heterocycles. The van der Waals surface area contributed by atoms with Crippen LogP contribution in [0.25, 0.3) is 5.69 Å². The molecule has 0 aliphatic heterocycles. The Balaban J connectivity index is 2.58. The van der Waals surface area contributed by atoms with Gasteiger partial charge < -0.3 is 5.11 Å². The van der Waals surface area contributed by atoms with Gasteiger partial charge in [0, 0.05) is 13.5 Å².